The summed E-state index contributed by atoms with van der Waals surface area (Å²) >= 11 is 9.92. The normalized spacial score (nSPS) is 10.4. The van der Waals surface area contributed by atoms with Gasteiger partial charge in [0.1, 0.15) is 0 Å². The van der Waals surface area contributed by atoms with Crippen molar-refractivity contribution in [2.75, 3.05) is 18.4 Å². The topological polar surface area (TPSA) is 38.0 Å². The van der Waals surface area contributed by atoms with Crippen LogP contribution in [0.25, 0.3) is 0 Å². The number of nitrogens with two attached hydrogens (primary N) is 1. The van der Waals surface area contributed by atoms with Gasteiger partial charge in [-0.2, -0.15) is 0 Å². The minimum atomic E-state index is 0.754. The zero-order chi connectivity index (χ0) is 8.97. The van der Waals surface area contributed by atoms with Gasteiger partial charge in [-0.1, -0.05) is 24.4 Å². The van der Waals surface area contributed by atoms with Gasteiger partial charge in [-0.25, -0.2) is 0 Å². The van der Waals surface area contributed by atoms with Crippen LogP contribution >= 0.6 is 24.4 Å². The number of hydrogen-bond acceptors (Lipinski definition) is 4. The van der Waals surface area contributed by atoms with E-state index in [0.29, 0.717) is 0 Å². The van der Waals surface area contributed by atoms with Crippen molar-refractivity contribution < 1.29 is 0 Å². The molecule has 0 amide bonds. The fraction of sp³-hybridized carbons (Fsp3) is 0.500. The monoisotopic (exact) mass is 200 g/mol. The minimum Gasteiger partial charge on any atom is -0.384 e. The van der Waals surface area contributed by atoms with E-state index in [4.69, 9.17) is 30.2 Å². The number of hydrogen-bond donors (Lipinski definition) is 2. The molecule has 0 aromatic heterocycles. The molecular formula is C8H12N2S2. The molecule has 0 spiro atoms. The highest BCUT2D eigenvalue weighted by atomic mass is 32.1. The predicted molar refractivity (Wildman–Crippen MR) is 57.3 cm³/mol. The van der Waals surface area contributed by atoms with Crippen molar-refractivity contribution in [1.29, 1.82) is 0 Å². The van der Waals surface area contributed by atoms with E-state index in [9.17, 15) is 0 Å². The third kappa shape index (κ3) is 2.33. The summed E-state index contributed by atoms with van der Waals surface area (Å²) in [6.07, 6.45) is 2.14. The number of unbranched alkanes of at least 4 members (excludes halogenated alkanes) is 1. The van der Waals surface area contributed by atoms with Crippen LogP contribution in [-0.2, 0) is 0 Å². The lowest BCUT2D eigenvalue weighted by Gasteiger charge is -2.07. The fourth-order valence-corrected chi connectivity index (χ4v) is 1.36. The highest BCUT2D eigenvalue weighted by Gasteiger charge is 2.00. The molecule has 0 radical (unpaired) electrons. The molecule has 0 unspecified atom stereocenters. The van der Waals surface area contributed by atoms with Crippen LogP contribution in [0.2, 0.25) is 0 Å². The van der Waals surface area contributed by atoms with E-state index in [1.165, 1.54) is 0 Å². The maximum Gasteiger partial charge on any atom is 0.0790 e. The third-order valence-corrected chi connectivity index (χ3v) is 2.58. The summed E-state index contributed by atoms with van der Waals surface area (Å²) < 4.78 is 1.60. The molecule has 1 aromatic rings. The van der Waals surface area contributed by atoms with Crippen LogP contribution in [0.5, 0.6) is 0 Å². The molecule has 0 atom stereocenters. The summed E-state index contributed by atoms with van der Waals surface area (Å²) in [5.41, 5.74) is 6.37. The average Bonchev–Trinajstić information content (AvgIpc) is 2.10. The first-order valence-corrected chi connectivity index (χ1v) is 4.81. The number of rotatable bonds is 5. The Bertz CT molecular complexity index is 312. The van der Waals surface area contributed by atoms with E-state index in [2.05, 4.69) is 5.32 Å². The molecule has 3 N–H and O–H groups in total. The minimum absolute atomic E-state index is 0.754. The van der Waals surface area contributed by atoms with Crippen molar-refractivity contribution in [2.45, 2.75) is 12.8 Å². The Labute approximate surface area is 82.5 Å². The summed E-state index contributed by atoms with van der Waals surface area (Å²) in [5, 5.41) is 3.21. The Balaban J connectivity index is 2.23. The molecule has 4 heteroatoms. The molecule has 0 aliphatic rings. The smallest absolute Gasteiger partial charge is 0.0790 e. The van der Waals surface area contributed by atoms with Gasteiger partial charge >= 0.3 is 0 Å². The summed E-state index contributed by atoms with van der Waals surface area (Å²) in [6, 6.07) is 1.90. The Morgan fingerprint density at radius 1 is 1.33 bits per heavy atom. The van der Waals surface area contributed by atoms with Gasteiger partial charge < -0.3 is 11.1 Å². The molecule has 12 heavy (non-hydrogen) atoms. The van der Waals surface area contributed by atoms with Gasteiger partial charge in [-0.3, -0.25) is 0 Å². The maximum atomic E-state index is 5.35. The molecule has 1 rings (SSSR count). The molecule has 0 saturated heterocycles. The van der Waals surface area contributed by atoms with Gasteiger partial charge in [-0.15, -0.1) is 0 Å². The summed E-state index contributed by atoms with van der Waals surface area (Å²) in [5.74, 6) is 0. The van der Waals surface area contributed by atoms with Gasteiger partial charge in [0.15, 0.2) is 0 Å². The molecule has 0 aliphatic carbocycles. The lowest BCUT2D eigenvalue weighted by molar-refractivity contribution is 0.773. The van der Waals surface area contributed by atoms with Crippen LogP contribution in [0, 0.1) is 9.02 Å². The molecule has 0 heterocycles. The van der Waals surface area contributed by atoms with Crippen molar-refractivity contribution in [3.8, 4) is 0 Å². The van der Waals surface area contributed by atoms with Crippen LogP contribution < -0.4 is 11.1 Å². The van der Waals surface area contributed by atoms with Gasteiger partial charge in [0, 0.05) is 6.54 Å². The lowest BCUT2D eigenvalue weighted by Crippen LogP contribution is -2.06. The van der Waals surface area contributed by atoms with Crippen LogP contribution in [0.1, 0.15) is 12.8 Å². The Kier molecular flexibility index (Phi) is 3.78. The number of nitrogens with one attached hydrogen (secondary N) is 1. The fourth-order valence-electron chi connectivity index (χ4n) is 0.941. The third-order valence-electron chi connectivity index (χ3n) is 1.69. The van der Waals surface area contributed by atoms with E-state index in [0.717, 1.165) is 40.6 Å². The molecule has 0 aliphatic heterocycles. The first kappa shape index (κ1) is 9.77. The standard InChI is InChI=1S/C8H12N2S2/c9-3-1-2-4-10-6-5-7(11)8(6)12/h5,10H,1-4,9H2. The van der Waals surface area contributed by atoms with Crippen LogP contribution in [-0.4, -0.2) is 13.1 Å². The quantitative estimate of drug-likeness (QED) is 0.564. The summed E-state index contributed by atoms with van der Waals surface area (Å²) in [6.45, 7) is 1.69. The second kappa shape index (κ2) is 4.64. The van der Waals surface area contributed by atoms with Crippen LogP contribution in [0.15, 0.2) is 6.07 Å². The largest absolute Gasteiger partial charge is 0.384 e. The Hall–Kier alpha value is -0.320. The van der Waals surface area contributed by atoms with Crippen LogP contribution in [0.4, 0.5) is 5.69 Å². The van der Waals surface area contributed by atoms with Crippen molar-refractivity contribution in [1.82, 2.24) is 0 Å². The maximum absolute atomic E-state index is 5.35. The predicted octanol–water partition coefficient (Wildman–Crippen LogP) is 2.17. The SMILES string of the molecule is NCCCCNc1cc(=S)c1=S. The average molecular weight is 200 g/mol. The van der Waals surface area contributed by atoms with Gasteiger partial charge in [0.2, 0.25) is 0 Å². The molecular weight excluding hydrogens is 188 g/mol. The first-order valence-electron chi connectivity index (χ1n) is 4.00. The van der Waals surface area contributed by atoms with Gasteiger partial charge in [0.05, 0.1) is 14.7 Å². The van der Waals surface area contributed by atoms with Crippen molar-refractivity contribution >= 4 is 30.1 Å². The Morgan fingerprint density at radius 3 is 2.58 bits per heavy atom. The van der Waals surface area contributed by atoms with E-state index >= 15 is 0 Å². The molecule has 0 fully saturated rings. The second-order valence-electron chi connectivity index (χ2n) is 2.67. The highest BCUT2D eigenvalue weighted by molar-refractivity contribution is 7.74. The zero-order valence-electron chi connectivity index (χ0n) is 6.80. The Morgan fingerprint density at radius 2 is 2.08 bits per heavy atom. The van der Waals surface area contributed by atoms with Crippen LogP contribution in [0.3, 0.4) is 0 Å². The molecule has 0 bridgehead atoms. The van der Waals surface area contributed by atoms with Gasteiger partial charge in [-0.05, 0) is 25.5 Å². The second-order valence-corrected chi connectivity index (χ2v) is 3.52. The number of anilines is 1. The van der Waals surface area contributed by atoms with E-state index < -0.39 is 0 Å². The first-order chi connectivity index (χ1) is 5.75. The lowest BCUT2D eigenvalue weighted by atomic mass is 10.2. The van der Waals surface area contributed by atoms with Crippen molar-refractivity contribution in [3.63, 3.8) is 0 Å². The van der Waals surface area contributed by atoms with Crippen molar-refractivity contribution in [2.24, 2.45) is 5.73 Å². The summed E-state index contributed by atoms with van der Waals surface area (Å²) in [7, 11) is 0. The van der Waals surface area contributed by atoms with E-state index in [1.807, 2.05) is 6.07 Å². The highest BCUT2D eigenvalue weighted by Crippen LogP contribution is 2.16. The molecule has 66 valence electrons. The molecule has 1 aromatic carbocycles. The molecule has 2 nitrogen and oxygen atoms in total. The summed E-state index contributed by atoms with van der Waals surface area (Å²) in [4.78, 5) is 0. The molecule has 0 saturated carbocycles. The van der Waals surface area contributed by atoms with Crippen molar-refractivity contribution in [3.05, 3.63) is 15.1 Å². The van der Waals surface area contributed by atoms with E-state index in [1.54, 1.807) is 0 Å². The van der Waals surface area contributed by atoms with Gasteiger partial charge in [0.25, 0.3) is 0 Å². The zero-order valence-corrected chi connectivity index (χ0v) is 8.43. The van der Waals surface area contributed by atoms with E-state index in [-0.39, 0.29) is 0 Å².